The Kier molecular flexibility index (Phi) is 5.86. The molecule has 0 aliphatic heterocycles. The number of aromatic nitrogens is 1. The van der Waals surface area contributed by atoms with Crippen LogP contribution in [0.25, 0.3) is 10.9 Å². The van der Waals surface area contributed by atoms with Crippen molar-refractivity contribution in [3.05, 3.63) is 99.5 Å². The van der Waals surface area contributed by atoms with Crippen LogP contribution in [0.2, 0.25) is 0 Å². The largest absolute Gasteiger partial charge is 0.467 e. The standard InChI is InChI=1S/C24H22FN3O2S/c1-15-10-16(2)22-17(11-15)12-18(23(29)27-22)13-28(14-21-4-3-9-30-21)24(31)26-20-7-5-19(25)6-8-20/h3-12H,13-14H2,1-2H3,(H,26,31)(H,27,29). The van der Waals surface area contributed by atoms with Crippen molar-refractivity contribution in [3.63, 3.8) is 0 Å². The lowest BCUT2D eigenvalue weighted by Gasteiger charge is -2.25. The van der Waals surface area contributed by atoms with Crippen molar-refractivity contribution < 1.29 is 8.81 Å². The number of fused-ring (bicyclic) bond motifs is 1. The SMILES string of the molecule is Cc1cc(C)c2[nH]c(=O)c(CN(Cc3ccco3)C(=S)Nc3ccc(F)cc3)cc2c1. The van der Waals surface area contributed by atoms with Gasteiger partial charge in [0, 0.05) is 11.3 Å². The van der Waals surface area contributed by atoms with E-state index in [9.17, 15) is 9.18 Å². The average Bonchev–Trinajstić information content (AvgIpc) is 3.23. The van der Waals surface area contributed by atoms with Crippen LogP contribution in [0, 0.1) is 19.7 Å². The molecule has 0 aliphatic rings. The minimum Gasteiger partial charge on any atom is -0.467 e. The van der Waals surface area contributed by atoms with Gasteiger partial charge >= 0.3 is 0 Å². The topological polar surface area (TPSA) is 61.3 Å². The highest BCUT2D eigenvalue weighted by Gasteiger charge is 2.16. The van der Waals surface area contributed by atoms with Crippen LogP contribution in [-0.2, 0) is 13.1 Å². The van der Waals surface area contributed by atoms with E-state index < -0.39 is 0 Å². The Labute approximate surface area is 184 Å². The summed E-state index contributed by atoms with van der Waals surface area (Å²) in [7, 11) is 0. The molecule has 0 fully saturated rings. The van der Waals surface area contributed by atoms with Crippen LogP contribution in [0.15, 0.2) is 70.1 Å². The third kappa shape index (κ3) is 4.83. The molecular formula is C24H22FN3O2S. The molecule has 2 N–H and O–H groups in total. The summed E-state index contributed by atoms with van der Waals surface area (Å²) in [6, 6.07) is 15.6. The molecular weight excluding hydrogens is 413 g/mol. The smallest absolute Gasteiger partial charge is 0.253 e. The van der Waals surface area contributed by atoms with E-state index in [1.807, 2.05) is 43.0 Å². The van der Waals surface area contributed by atoms with Gasteiger partial charge in [0.1, 0.15) is 11.6 Å². The lowest BCUT2D eigenvalue weighted by atomic mass is 10.1. The zero-order valence-electron chi connectivity index (χ0n) is 17.2. The van der Waals surface area contributed by atoms with E-state index >= 15 is 0 Å². The summed E-state index contributed by atoms with van der Waals surface area (Å²) in [6.45, 7) is 4.68. The highest BCUT2D eigenvalue weighted by molar-refractivity contribution is 7.80. The van der Waals surface area contributed by atoms with Crippen molar-refractivity contribution in [2.24, 2.45) is 0 Å². The van der Waals surface area contributed by atoms with Gasteiger partial charge in [0.15, 0.2) is 5.11 Å². The number of H-pyrrole nitrogens is 1. The molecule has 2 aromatic heterocycles. The first-order chi connectivity index (χ1) is 14.9. The van der Waals surface area contributed by atoms with Crippen LogP contribution in [0.3, 0.4) is 0 Å². The van der Waals surface area contributed by atoms with Gasteiger partial charge in [-0.3, -0.25) is 4.79 Å². The molecule has 2 aromatic carbocycles. The summed E-state index contributed by atoms with van der Waals surface area (Å²) in [5, 5.41) is 4.49. The molecule has 31 heavy (non-hydrogen) atoms. The summed E-state index contributed by atoms with van der Waals surface area (Å²) in [5.74, 6) is 0.393. The summed E-state index contributed by atoms with van der Waals surface area (Å²) in [5.41, 5.74) is 4.09. The van der Waals surface area contributed by atoms with E-state index in [0.717, 1.165) is 22.0 Å². The van der Waals surface area contributed by atoms with Crippen LogP contribution in [-0.4, -0.2) is 15.0 Å². The molecule has 0 bridgehead atoms. The number of anilines is 1. The monoisotopic (exact) mass is 435 g/mol. The van der Waals surface area contributed by atoms with E-state index in [1.165, 1.54) is 12.1 Å². The molecule has 0 aliphatic carbocycles. The number of hydrogen-bond donors (Lipinski definition) is 2. The molecule has 0 atom stereocenters. The molecule has 5 nitrogen and oxygen atoms in total. The number of thiocarbonyl (C=S) groups is 1. The number of rotatable bonds is 5. The van der Waals surface area contributed by atoms with Crippen molar-refractivity contribution in [1.29, 1.82) is 0 Å². The van der Waals surface area contributed by atoms with E-state index in [2.05, 4.69) is 10.3 Å². The Morgan fingerprint density at radius 1 is 1.13 bits per heavy atom. The molecule has 7 heteroatoms. The molecule has 158 valence electrons. The van der Waals surface area contributed by atoms with Crippen LogP contribution < -0.4 is 10.9 Å². The van der Waals surface area contributed by atoms with Gasteiger partial charge in [0.25, 0.3) is 5.56 Å². The lowest BCUT2D eigenvalue weighted by molar-refractivity contribution is 0.359. The number of hydrogen-bond acceptors (Lipinski definition) is 3. The number of pyridine rings is 1. The van der Waals surface area contributed by atoms with E-state index in [4.69, 9.17) is 16.6 Å². The third-order valence-electron chi connectivity index (χ3n) is 5.04. The maximum absolute atomic E-state index is 13.2. The molecule has 4 rings (SSSR count). The zero-order valence-corrected chi connectivity index (χ0v) is 18.1. The molecule has 0 spiro atoms. The lowest BCUT2D eigenvalue weighted by Crippen LogP contribution is -2.35. The van der Waals surface area contributed by atoms with Crippen LogP contribution in [0.1, 0.15) is 22.5 Å². The minimum atomic E-state index is -0.322. The molecule has 0 amide bonds. The highest BCUT2D eigenvalue weighted by atomic mass is 32.1. The summed E-state index contributed by atoms with van der Waals surface area (Å²) in [6.07, 6.45) is 1.60. The number of furan rings is 1. The summed E-state index contributed by atoms with van der Waals surface area (Å²) < 4.78 is 18.7. The third-order valence-corrected chi connectivity index (χ3v) is 5.40. The summed E-state index contributed by atoms with van der Waals surface area (Å²) >= 11 is 5.61. The molecule has 0 saturated heterocycles. The van der Waals surface area contributed by atoms with Crippen molar-refractivity contribution in [2.75, 3.05) is 5.32 Å². The minimum absolute atomic E-state index is 0.159. The first-order valence-corrected chi connectivity index (χ1v) is 10.3. The molecule has 0 radical (unpaired) electrons. The zero-order chi connectivity index (χ0) is 22.0. The van der Waals surface area contributed by atoms with Crippen molar-refractivity contribution >= 4 is 33.9 Å². The second-order valence-electron chi connectivity index (χ2n) is 7.54. The predicted octanol–water partition coefficient (Wildman–Crippen LogP) is 5.28. The van der Waals surface area contributed by atoms with Crippen molar-refractivity contribution in [2.45, 2.75) is 26.9 Å². The number of nitrogens with one attached hydrogen (secondary N) is 2. The van der Waals surface area contributed by atoms with E-state index in [0.29, 0.717) is 28.7 Å². The Bertz CT molecular complexity index is 1280. The fourth-order valence-corrected chi connectivity index (χ4v) is 3.83. The van der Waals surface area contributed by atoms with Gasteiger partial charge in [-0.05, 0) is 85.5 Å². The normalized spacial score (nSPS) is 10.9. The molecule has 4 aromatic rings. The van der Waals surface area contributed by atoms with Crippen LogP contribution in [0.4, 0.5) is 10.1 Å². The van der Waals surface area contributed by atoms with Gasteiger partial charge in [0.05, 0.1) is 24.9 Å². The van der Waals surface area contributed by atoms with Gasteiger partial charge in [-0.25, -0.2) is 4.39 Å². The fourth-order valence-electron chi connectivity index (χ4n) is 3.58. The Balaban J connectivity index is 1.65. The number of aromatic amines is 1. The molecule has 0 saturated carbocycles. The second kappa shape index (κ2) is 8.73. The van der Waals surface area contributed by atoms with Crippen LogP contribution in [0.5, 0.6) is 0 Å². The number of halogens is 1. The second-order valence-corrected chi connectivity index (χ2v) is 7.93. The predicted molar refractivity (Wildman–Crippen MR) is 125 cm³/mol. The average molecular weight is 436 g/mol. The van der Waals surface area contributed by atoms with Crippen molar-refractivity contribution in [3.8, 4) is 0 Å². The first-order valence-electron chi connectivity index (χ1n) is 9.86. The van der Waals surface area contributed by atoms with Crippen molar-refractivity contribution in [1.82, 2.24) is 9.88 Å². The van der Waals surface area contributed by atoms with E-state index in [-0.39, 0.29) is 17.9 Å². The quantitative estimate of drug-likeness (QED) is 0.418. The summed E-state index contributed by atoms with van der Waals surface area (Å²) in [4.78, 5) is 17.7. The van der Waals surface area contributed by atoms with Gasteiger partial charge in [-0.15, -0.1) is 0 Å². The van der Waals surface area contributed by atoms with Gasteiger partial charge in [-0.2, -0.15) is 0 Å². The van der Waals surface area contributed by atoms with Gasteiger partial charge in [0.2, 0.25) is 0 Å². The highest BCUT2D eigenvalue weighted by Crippen LogP contribution is 2.20. The first kappa shape index (κ1) is 20.8. The van der Waals surface area contributed by atoms with Gasteiger partial charge < -0.3 is 19.6 Å². The van der Waals surface area contributed by atoms with Gasteiger partial charge in [-0.1, -0.05) is 11.6 Å². The molecule has 0 unspecified atom stereocenters. The maximum Gasteiger partial charge on any atom is 0.253 e. The fraction of sp³-hybridized carbons (Fsp3) is 0.167. The van der Waals surface area contributed by atoms with Crippen LogP contribution >= 0.6 is 12.2 Å². The number of aryl methyl sites for hydroxylation is 2. The Morgan fingerprint density at radius 2 is 1.90 bits per heavy atom. The maximum atomic E-state index is 13.2. The Hall–Kier alpha value is -3.45. The Morgan fingerprint density at radius 3 is 2.61 bits per heavy atom. The molecule has 2 heterocycles. The van der Waals surface area contributed by atoms with E-state index in [1.54, 1.807) is 24.5 Å². The number of nitrogens with zero attached hydrogens (tertiary/aromatic N) is 1. The number of benzene rings is 2.